The van der Waals surface area contributed by atoms with Gasteiger partial charge in [0.15, 0.2) is 9.84 Å². The first-order valence-electron chi connectivity index (χ1n) is 5.00. The van der Waals surface area contributed by atoms with E-state index in [4.69, 9.17) is 11.6 Å². The van der Waals surface area contributed by atoms with Crippen LogP contribution in [0, 0.1) is 16.0 Å². The van der Waals surface area contributed by atoms with Crippen LogP contribution in [0.4, 0.5) is 5.69 Å². The zero-order chi connectivity index (χ0) is 13.9. The van der Waals surface area contributed by atoms with Gasteiger partial charge in [0.1, 0.15) is 0 Å². The summed E-state index contributed by atoms with van der Waals surface area (Å²) in [5, 5.41) is 10.6. The highest BCUT2D eigenvalue weighted by Gasteiger charge is 2.22. The summed E-state index contributed by atoms with van der Waals surface area (Å²) in [6.07, 6.45) is 0. The van der Waals surface area contributed by atoms with Gasteiger partial charge < -0.3 is 0 Å². The Kier molecular flexibility index (Phi) is 5.12. The molecule has 8 heteroatoms. The minimum Gasteiger partial charge on any atom is -0.258 e. The number of hydrogen-bond donors (Lipinski definition) is 0. The van der Waals surface area contributed by atoms with E-state index in [0.717, 1.165) is 0 Å². The monoisotopic (exact) mass is 355 g/mol. The van der Waals surface area contributed by atoms with Crippen LogP contribution in [0.1, 0.15) is 6.92 Å². The highest BCUT2D eigenvalue weighted by Crippen LogP contribution is 2.28. The van der Waals surface area contributed by atoms with Crippen molar-refractivity contribution in [1.82, 2.24) is 0 Å². The van der Waals surface area contributed by atoms with Crippen LogP contribution >= 0.6 is 27.5 Å². The van der Waals surface area contributed by atoms with E-state index >= 15 is 0 Å². The molecule has 1 aromatic rings. The molecule has 0 spiro atoms. The molecule has 18 heavy (non-hydrogen) atoms. The lowest BCUT2D eigenvalue weighted by Gasteiger charge is -2.10. The fourth-order valence-corrected chi connectivity index (χ4v) is 4.39. The number of benzene rings is 1. The summed E-state index contributed by atoms with van der Waals surface area (Å²) < 4.78 is 24.3. The third-order valence-electron chi connectivity index (χ3n) is 2.23. The molecular formula is C10H11BrClNO4S. The molecule has 0 aliphatic heterocycles. The summed E-state index contributed by atoms with van der Waals surface area (Å²) >= 11 is 8.63. The maximum atomic E-state index is 12.0. The van der Waals surface area contributed by atoms with Crippen LogP contribution in [0.2, 0.25) is 0 Å². The van der Waals surface area contributed by atoms with Crippen LogP contribution in [0.25, 0.3) is 0 Å². The molecule has 0 saturated heterocycles. The van der Waals surface area contributed by atoms with Crippen molar-refractivity contribution >= 4 is 43.1 Å². The Balaban J connectivity index is 3.14. The number of nitro benzene ring substituents is 1. The Hall–Kier alpha value is -0.660. The average molecular weight is 357 g/mol. The SMILES string of the molecule is CC(CCl)CS(=O)(=O)c1ccc([N+](=O)[O-])cc1Br. The van der Waals surface area contributed by atoms with Gasteiger partial charge in [-0.2, -0.15) is 0 Å². The molecule has 0 N–H and O–H groups in total. The first-order chi connectivity index (χ1) is 8.27. The predicted molar refractivity (Wildman–Crippen MR) is 72.7 cm³/mol. The first kappa shape index (κ1) is 15.4. The molecule has 1 unspecified atom stereocenters. The van der Waals surface area contributed by atoms with Gasteiger partial charge in [0.2, 0.25) is 0 Å². The minimum atomic E-state index is -3.50. The van der Waals surface area contributed by atoms with E-state index in [-0.39, 0.29) is 32.6 Å². The second-order valence-corrected chi connectivity index (χ2v) is 7.08. The fraction of sp³-hybridized carbons (Fsp3) is 0.400. The number of halogens is 2. The maximum absolute atomic E-state index is 12.0. The van der Waals surface area contributed by atoms with Crippen molar-refractivity contribution in [1.29, 1.82) is 0 Å². The van der Waals surface area contributed by atoms with Crippen molar-refractivity contribution in [3.63, 3.8) is 0 Å². The number of hydrogen-bond acceptors (Lipinski definition) is 4. The number of rotatable bonds is 5. The molecule has 0 heterocycles. The number of nitrogens with zero attached hydrogens (tertiary/aromatic N) is 1. The third kappa shape index (κ3) is 3.66. The van der Waals surface area contributed by atoms with Crippen molar-refractivity contribution < 1.29 is 13.3 Å². The first-order valence-corrected chi connectivity index (χ1v) is 7.98. The zero-order valence-electron chi connectivity index (χ0n) is 9.47. The van der Waals surface area contributed by atoms with Gasteiger partial charge in [-0.15, -0.1) is 11.6 Å². The molecule has 0 radical (unpaired) electrons. The Bertz CT molecular complexity index is 561. The molecule has 0 aliphatic carbocycles. The number of non-ortho nitro benzene ring substituents is 1. The van der Waals surface area contributed by atoms with E-state index in [0.29, 0.717) is 0 Å². The second-order valence-electron chi connectivity index (χ2n) is 3.91. The summed E-state index contributed by atoms with van der Waals surface area (Å²) in [6, 6.07) is 3.58. The van der Waals surface area contributed by atoms with E-state index in [2.05, 4.69) is 15.9 Å². The Labute approximate surface area is 118 Å². The Morgan fingerprint density at radius 1 is 1.50 bits per heavy atom. The molecule has 5 nitrogen and oxygen atoms in total. The van der Waals surface area contributed by atoms with E-state index in [1.165, 1.54) is 18.2 Å². The van der Waals surface area contributed by atoms with E-state index in [9.17, 15) is 18.5 Å². The van der Waals surface area contributed by atoms with Gasteiger partial charge in [-0.25, -0.2) is 8.42 Å². The predicted octanol–water partition coefficient (Wildman–Crippen LogP) is 3.01. The van der Waals surface area contributed by atoms with Crippen molar-refractivity contribution in [3.05, 3.63) is 32.8 Å². The van der Waals surface area contributed by atoms with Crippen LogP contribution in [0.3, 0.4) is 0 Å². The van der Waals surface area contributed by atoms with Crippen LogP contribution < -0.4 is 0 Å². The highest BCUT2D eigenvalue weighted by atomic mass is 79.9. The summed E-state index contributed by atoms with van der Waals surface area (Å²) in [5.41, 5.74) is -0.161. The molecule has 1 atom stereocenters. The van der Waals surface area contributed by atoms with Gasteiger partial charge in [-0.05, 0) is 27.9 Å². The lowest BCUT2D eigenvalue weighted by atomic mass is 10.3. The van der Waals surface area contributed by atoms with Crippen molar-refractivity contribution in [3.8, 4) is 0 Å². The number of nitro groups is 1. The van der Waals surface area contributed by atoms with Gasteiger partial charge in [0, 0.05) is 22.5 Å². The van der Waals surface area contributed by atoms with Crippen LogP contribution in [0.15, 0.2) is 27.6 Å². The molecule has 1 aromatic carbocycles. The topological polar surface area (TPSA) is 77.3 Å². The van der Waals surface area contributed by atoms with Crippen molar-refractivity contribution in [2.45, 2.75) is 11.8 Å². The maximum Gasteiger partial charge on any atom is 0.270 e. The third-order valence-corrected chi connectivity index (χ3v) is 5.71. The van der Waals surface area contributed by atoms with Gasteiger partial charge in [-0.1, -0.05) is 6.92 Å². The molecule has 0 fully saturated rings. The van der Waals surface area contributed by atoms with Crippen LogP contribution in [-0.4, -0.2) is 25.0 Å². The van der Waals surface area contributed by atoms with Gasteiger partial charge in [0.05, 0.1) is 15.6 Å². The number of alkyl halides is 1. The zero-order valence-corrected chi connectivity index (χ0v) is 12.6. The standard InChI is InChI=1S/C10H11BrClNO4S/c1-7(5-12)6-18(16,17)10-3-2-8(13(14)15)4-9(10)11/h2-4,7H,5-6H2,1H3. The quantitative estimate of drug-likeness (QED) is 0.461. The second kappa shape index (κ2) is 5.99. The lowest BCUT2D eigenvalue weighted by molar-refractivity contribution is -0.385. The van der Waals surface area contributed by atoms with Gasteiger partial charge in [-0.3, -0.25) is 10.1 Å². The summed E-state index contributed by atoms with van der Waals surface area (Å²) in [6.45, 7) is 1.73. The lowest BCUT2D eigenvalue weighted by Crippen LogP contribution is -2.15. The normalized spacial score (nSPS) is 13.3. The molecule has 0 saturated carbocycles. The largest absolute Gasteiger partial charge is 0.270 e. The van der Waals surface area contributed by atoms with Gasteiger partial charge >= 0.3 is 0 Å². The Morgan fingerprint density at radius 2 is 2.11 bits per heavy atom. The molecule has 0 amide bonds. The molecule has 0 aliphatic rings. The summed E-state index contributed by atoms with van der Waals surface area (Å²) in [4.78, 5) is 10.0. The van der Waals surface area contributed by atoms with E-state index in [1.807, 2.05) is 0 Å². The molecular weight excluding hydrogens is 346 g/mol. The highest BCUT2D eigenvalue weighted by molar-refractivity contribution is 9.10. The van der Waals surface area contributed by atoms with Crippen molar-refractivity contribution in [2.24, 2.45) is 5.92 Å². The molecule has 1 rings (SSSR count). The van der Waals surface area contributed by atoms with Crippen LogP contribution in [-0.2, 0) is 9.84 Å². The molecule has 0 aromatic heterocycles. The number of sulfone groups is 1. The molecule has 100 valence electrons. The summed E-state index contributed by atoms with van der Waals surface area (Å²) in [5.74, 6) is -0.0322. The average Bonchev–Trinajstić information content (AvgIpc) is 2.27. The molecule has 0 bridgehead atoms. The summed E-state index contributed by atoms with van der Waals surface area (Å²) in [7, 11) is -3.50. The smallest absolute Gasteiger partial charge is 0.258 e. The van der Waals surface area contributed by atoms with E-state index < -0.39 is 14.8 Å². The van der Waals surface area contributed by atoms with Gasteiger partial charge in [0.25, 0.3) is 5.69 Å². The Morgan fingerprint density at radius 3 is 2.56 bits per heavy atom. The van der Waals surface area contributed by atoms with Crippen LogP contribution in [0.5, 0.6) is 0 Å². The van der Waals surface area contributed by atoms with Crippen molar-refractivity contribution in [2.75, 3.05) is 11.6 Å². The van der Waals surface area contributed by atoms with E-state index in [1.54, 1.807) is 6.92 Å². The minimum absolute atomic E-state index is 0.0464. The fourth-order valence-electron chi connectivity index (χ4n) is 1.36.